The van der Waals surface area contributed by atoms with Crippen LogP contribution in [-0.4, -0.2) is 22.5 Å². The fraction of sp³-hybridized carbons (Fsp3) is 0.125. The maximum absolute atomic E-state index is 12.3. The summed E-state index contributed by atoms with van der Waals surface area (Å²) in [7, 11) is 0. The van der Waals surface area contributed by atoms with E-state index in [1.807, 2.05) is 6.07 Å². The number of nitriles is 1. The van der Waals surface area contributed by atoms with Crippen LogP contribution in [-0.2, 0) is 4.79 Å². The highest BCUT2D eigenvalue weighted by molar-refractivity contribution is 5.75. The molecule has 2 heterocycles. The summed E-state index contributed by atoms with van der Waals surface area (Å²) in [6.45, 7) is -0.293. The highest BCUT2D eigenvalue weighted by Gasteiger charge is 2.34. The van der Waals surface area contributed by atoms with Gasteiger partial charge in [0.1, 0.15) is 17.4 Å². The molecule has 0 aliphatic carbocycles. The first-order valence-electron chi connectivity index (χ1n) is 7.17. The third-order valence-electron chi connectivity index (χ3n) is 3.59. The van der Waals surface area contributed by atoms with Gasteiger partial charge in [-0.25, -0.2) is 4.98 Å². The van der Waals surface area contributed by atoms with Crippen molar-refractivity contribution >= 4 is 5.91 Å². The number of allylic oxidation sites excluding steroid dienone is 1. The molecule has 0 radical (unpaired) electrons. The molecule has 0 saturated heterocycles. The van der Waals surface area contributed by atoms with Gasteiger partial charge < -0.3 is 25.9 Å². The molecule has 9 nitrogen and oxygen atoms in total. The highest BCUT2D eigenvalue weighted by Crippen LogP contribution is 2.39. The summed E-state index contributed by atoms with van der Waals surface area (Å²) in [6.07, 6.45) is 1.19. The summed E-state index contributed by atoms with van der Waals surface area (Å²) in [5.41, 5.74) is 11.2. The molecule has 126 valence electrons. The zero-order valence-corrected chi connectivity index (χ0v) is 12.9. The predicted octanol–water partition coefficient (Wildman–Crippen LogP) is -0.148. The van der Waals surface area contributed by atoms with E-state index in [1.54, 1.807) is 24.3 Å². The number of nitrogens with zero attached hydrogens (tertiary/aromatic N) is 2. The second-order valence-electron chi connectivity index (χ2n) is 5.20. The van der Waals surface area contributed by atoms with Gasteiger partial charge in [0.25, 0.3) is 11.5 Å². The maximum atomic E-state index is 12.3. The van der Waals surface area contributed by atoms with E-state index < -0.39 is 17.4 Å². The van der Waals surface area contributed by atoms with E-state index >= 15 is 0 Å². The Kier molecular flexibility index (Phi) is 4.09. The predicted molar refractivity (Wildman–Crippen MR) is 85.3 cm³/mol. The number of amides is 1. The van der Waals surface area contributed by atoms with Crippen LogP contribution in [0.4, 0.5) is 0 Å². The van der Waals surface area contributed by atoms with Crippen LogP contribution in [0.2, 0.25) is 0 Å². The molecule has 25 heavy (non-hydrogen) atoms. The van der Waals surface area contributed by atoms with Gasteiger partial charge in [-0.05, 0) is 17.7 Å². The summed E-state index contributed by atoms with van der Waals surface area (Å²) in [6, 6.07) is 8.56. The van der Waals surface area contributed by atoms with Crippen LogP contribution in [0.15, 0.2) is 46.8 Å². The van der Waals surface area contributed by atoms with E-state index in [0.29, 0.717) is 11.3 Å². The Morgan fingerprint density at radius 1 is 1.48 bits per heavy atom. The molecule has 3 rings (SSSR count). The lowest BCUT2D eigenvalue weighted by molar-refractivity contribution is -0.119. The number of aromatic amines is 1. The Hall–Kier alpha value is -3.80. The number of hydrogen-bond acceptors (Lipinski definition) is 7. The van der Waals surface area contributed by atoms with Crippen LogP contribution < -0.4 is 26.5 Å². The Balaban J connectivity index is 2.12. The van der Waals surface area contributed by atoms with Crippen molar-refractivity contribution in [2.24, 2.45) is 11.5 Å². The topological polar surface area (TPSA) is 157 Å². The van der Waals surface area contributed by atoms with Crippen LogP contribution >= 0.6 is 0 Å². The minimum absolute atomic E-state index is 0.0358. The fourth-order valence-electron chi connectivity index (χ4n) is 2.57. The lowest BCUT2D eigenvalue weighted by Crippen LogP contribution is -2.28. The number of H-pyrrole nitrogens is 1. The van der Waals surface area contributed by atoms with Crippen molar-refractivity contribution in [1.82, 2.24) is 9.97 Å². The second kappa shape index (κ2) is 6.37. The molecule has 1 aromatic heterocycles. The maximum Gasteiger partial charge on any atom is 0.258 e. The number of fused-ring (bicyclic) bond motifs is 1. The molecule has 0 bridgehead atoms. The number of carbonyl (C=O) groups excluding carboxylic acids is 1. The Labute approximate surface area is 141 Å². The molecule has 2 aromatic rings. The van der Waals surface area contributed by atoms with Gasteiger partial charge in [-0.3, -0.25) is 9.59 Å². The van der Waals surface area contributed by atoms with Crippen LogP contribution in [0.1, 0.15) is 17.0 Å². The summed E-state index contributed by atoms with van der Waals surface area (Å²) in [4.78, 5) is 29.6. The number of carbonyl (C=O) groups is 1. The monoisotopic (exact) mass is 339 g/mol. The molecular weight excluding hydrogens is 326 g/mol. The molecule has 0 saturated carbocycles. The first-order chi connectivity index (χ1) is 12.0. The highest BCUT2D eigenvalue weighted by atomic mass is 16.5. The summed E-state index contributed by atoms with van der Waals surface area (Å²) in [5.74, 6) is -1.12. The van der Waals surface area contributed by atoms with Crippen molar-refractivity contribution in [1.29, 1.82) is 5.26 Å². The fourth-order valence-corrected chi connectivity index (χ4v) is 2.57. The molecule has 1 aliphatic rings. The Bertz CT molecular complexity index is 973. The number of aromatic nitrogens is 2. The average Bonchev–Trinajstić information content (AvgIpc) is 2.59. The molecule has 1 amide bonds. The third kappa shape index (κ3) is 3.00. The van der Waals surface area contributed by atoms with Gasteiger partial charge in [0.2, 0.25) is 11.8 Å². The first kappa shape index (κ1) is 16.1. The number of hydrogen-bond donors (Lipinski definition) is 3. The normalized spacial score (nSPS) is 15.7. The number of primary amides is 1. The molecule has 0 unspecified atom stereocenters. The summed E-state index contributed by atoms with van der Waals surface area (Å²) < 4.78 is 10.6. The minimum atomic E-state index is -0.775. The SMILES string of the molecule is N#CC1=C(N)Oc2nc[nH]c(=O)c2[C@H]1c1cccc(OCC(N)=O)c1. The zero-order valence-electron chi connectivity index (χ0n) is 12.9. The van der Waals surface area contributed by atoms with Crippen LogP contribution in [0.3, 0.4) is 0 Å². The lowest BCUT2D eigenvalue weighted by Gasteiger charge is -2.24. The summed E-state index contributed by atoms with van der Waals surface area (Å²) in [5, 5.41) is 9.46. The quantitative estimate of drug-likeness (QED) is 0.699. The smallest absolute Gasteiger partial charge is 0.258 e. The molecule has 0 spiro atoms. The van der Waals surface area contributed by atoms with Gasteiger partial charge in [0.05, 0.1) is 17.8 Å². The number of nitrogens with one attached hydrogen (secondary N) is 1. The molecule has 1 atom stereocenters. The number of nitrogens with two attached hydrogens (primary N) is 2. The number of rotatable bonds is 4. The van der Waals surface area contributed by atoms with Gasteiger partial charge in [-0.2, -0.15) is 5.26 Å². The van der Waals surface area contributed by atoms with E-state index in [0.717, 1.165) is 0 Å². The average molecular weight is 339 g/mol. The van der Waals surface area contributed by atoms with Crippen molar-refractivity contribution < 1.29 is 14.3 Å². The molecular formula is C16H13N5O4. The van der Waals surface area contributed by atoms with E-state index in [2.05, 4.69) is 9.97 Å². The number of benzene rings is 1. The van der Waals surface area contributed by atoms with Crippen molar-refractivity contribution in [3.63, 3.8) is 0 Å². The van der Waals surface area contributed by atoms with E-state index in [1.165, 1.54) is 6.33 Å². The standard InChI is InChI=1S/C16H13N5O4/c17-5-10-12(8-2-1-3-9(4-8)24-6-11(18)22)13-15(23)20-7-21-16(13)25-14(10)19/h1-4,7,12H,6,19H2,(H2,18,22)(H,20,21,23)/t12-/m0/s1. The van der Waals surface area contributed by atoms with Crippen LogP contribution in [0.5, 0.6) is 11.6 Å². The minimum Gasteiger partial charge on any atom is -0.484 e. The molecule has 9 heteroatoms. The Morgan fingerprint density at radius 2 is 2.28 bits per heavy atom. The molecule has 5 N–H and O–H groups in total. The Morgan fingerprint density at radius 3 is 3.00 bits per heavy atom. The van der Waals surface area contributed by atoms with Gasteiger partial charge in [-0.15, -0.1) is 0 Å². The van der Waals surface area contributed by atoms with Crippen molar-refractivity contribution in [2.45, 2.75) is 5.92 Å². The zero-order chi connectivity index (χ0) is 18.0. The molecule has 0 fully saturated rings. The third-order valence-corrected chi connectivity index (χ3v) is 3.59. The van der Waals surface area contributed by atoms with E-state index in [-0.39, 0.29) is 29.5 Å². The molecule has 1 aliphatic heterocycles. The largest absolute Gasteiger partial charge is 0.484 e. The first-order valence-corrected chi connectivity index (χ1v) is 7.17. The van der Waals surface area contributed by atoms with Gasteiger partial charge >= 0.3 is 0 Å². The van der Waals surface area contributed by atoms with Crippen LogP contribution in [0.25, 0.3) is 0 Å². The van der Waals surface area contributed by atoms with Crippen LogP contribution in [0, 0.1) is 11.3 Å². The van der Waals surface area contributed by atoms with Gasteiger partial charge in [-0.1, -0.05) is 12.1 Å². The van der Waals surface area contributed by atoms with E-state index in [4.69, 9.17) is 20.9 Å². The van der Waals surface area contributed by atoms with Crippen molar-refractivity contribution in [3.05, 3.63) is 63.5 Å². The van der Waals surface area contributed by atoms with E-state index in [9.17, 15) is 14.9 Å². The van der Waals surface area contributed by atoms with Crippen molar-refractivity contribution in [2.75, 3.05) is 6.61 Å². The summed E-state index contributed by atoms with van der Waals surface area (Å²) >= 11 is 0. The molecule has 1 aromatic carbocycles. The van der Waals surface area contributed by atoms with Crippen molar-refractivity contribution in [3.8, 4) is 17.7 Å². The lowest BCUT2D eigenvalue weighted by atomic mass is 9.85. The second-order valence-corrected chi connectivity index (χ2v) is 5.20. The van der Waals surface area contributed by atoms with Gasteiger partial charge in [0.15, 0.2) is 6.61 Å². The number of ether oxygens (including phenoxy) is 2. The van der Waals surface area contributed by atoms with Gasteiger partial charge in [0, 0.05) is 0 Å².